The Morgan fingerprint density at radius 3 is 2.76 bits per heavy atom. The third-order valence-electron chi connectivity index (χ3n) is 3.63. The zero-order chi connectivity index (χ0) is 12.3. The number of nitrogens with one attached hydrogen (secondary N) is 1. The summed E-state index contributed by atoms with van der Waals surface area (Å²) in [7, 11) is 0. The minimum absolute atomic E-state index is 0.182. The van der Waals surface area contributed by atoms with Crippen LogP contribution in [0.1, 0.15) is 40.0 Å². The molecule has 2 nitrogen and oxygen atoms in total. The Morgan fingerprint density at radius 2 is 2.24 bits per heavy atom. The Kier molecular flexibility index (Phi) is 3.51. The first-order valence-corrected chi connectivity index (χ1v) is 6.46. The van der Waals surface area contributed by atoms with Crippen LogP contribution in [0.5, 0.6) is 0 Å². The maximum absolute atomic E-state index is 4.15. The van der Waals surface area contributed by atoms with E-state index in [-0.39, 0.29) is 5.54 Å². The first kappa shape index (κ1) is 12.2. The molecule has 0 saturated heterocycles. The lowest BCUT2D eigenvalue weighted by Gasteiger charge is -2.35. The molecule has 2 heteroatoms. The highest BCUT2D eigenvalue weighted by atomic mass is 15.0. The molecule has 0 aromatic carbocycles. The van der Waals surface area contributed by atoms with Crippen LogP contribution in [0.3, 0.4) is 0 Å². The molecule has 0 fully saturated rings. The molecule has 1 aliphatic rings. The number of hydrogen-bond acceptors (Lipinski definition) is 2. The molecule has 0 amide bonds. The molecule has 2 rings (SSSR count). The average molecular weight is 230 g/mol. The molecule has 1 aromatic rings. The molecule has 1 aliphatic carbocycles. The molecule has 17 heavy (non-hydrogen) atoms. The van der Waals surface area contributed by atoms with E-state index in [4.69, 9.17) is 0 Å². The number of rotatable bonds is 3. The normalized spacial score (nSPS) is 24.6. The van der Waals surface area contributed by atoms with Crippen LogP contribution < -0.4 is 5.32 Å². The van der Waals surface area contributed by atoms with E-state index >= 15 is 0 Å². The quantitative estimate of drug-likeness (QED) is 0.793. The largest absolute Gasteiger partial charge is 0.378 e. The third-order valence-corrected chi connectivity index (χ3v) is 3.63. The molecule has 1 heterocycles. The van der Waals surface area contributed by atoms with Crippen LogP contribution in [-0.4, -0.2) is 10.5 Å². The monoisotopic (exact) mass is 230 g/mol. The summed E-state index contributed by atoms with van der Waals surface area (Å²) < 4.78 is 0. The van der Waals surface area contributed by atoms with Crippen molar-refractivity contribution in [1.82, 2.24) is 4.98 Å². The van der Waals surface area contributed by atoms with Crippen LogP contribution in [-0.2, 0) is 0 Å². The van der Waals surface area contributed by atoms with Crippen LogP contribution in [0.2, 0.25) is 0 Å². The van der Waals surface area contributed by atoms with E-state index in [2.05, 4.69) is 43.2 Å². The van der Waals surface area contributed by atoms with Crippen molar-refractivity contribution >= 4 is 5.69 Å². The molecule has 0 saturated carbocycles. The Morgan fingerprint density at radius 1 is 1.41 bits per heavy atom. The number of nitrogens with zero attached hydrogens (tertiary/aromatic N) is 1. The van der Waals surface area contributed by atoms with Crippen LogP contribution in [0.4, 0.5) is 5.69 Å². The van der Waals surface area contributed by atoms with Crippen molar-refractivity contribution in [3.8, 4) is 0 Å². The highest BCUT2D eigenvalue weighted by Gasteiger charge is 2.27. The molecule has 0 spiro atoms. The number of allylic oxidation sites excluding steroid dienone is 1. The summed E-state index contributed by atoms with van der Waals surface area (Å²) in [5.74, 6) is 0.693. The highest BCUT2D eigenvalue weighted by Crippen LogP contribution is 2.33. The van der Waals surface area contributed by atoms with Gasteiger partial charge in [0.15, 0.2) is 0 Å². The summed E-state index contributed by atoms with van der Waals surface area (Å²) >= 11 is 0. The van der Waals surface area contributed by atoms with Crippen LogP contribution in [0.15, 0.2) is 36.2 Å². The molecule has 92 valence electrons. The Hall–Kier alpha value is -1.31. The highest BCUT2D eigenvalue weighted by molar-refractivity contribution is 5.43. The maximum atomic E-state index is 4.15. The third kappa shape index (κ3) is 3.09. The van der Waals surface area contributed by atoms with Gasteiger partial charge in [-0.1, -0.05) is 25.5 Å². The van der Waals surface area contributed by atoms with Crippen LogP contribution in [0.25, 0.3) is 0 Å². The molecule has 1 aromatic heterocycles. The van der Waals surface area contributed by atoms with Gasteiger partial charge in [-0.3, -0.25) is 4.98 Å². The lowest BCUT2D eigenvalue weighted by molar-refractivity contribution is 0.441. The molecule has 0 radical (unpaired) electrons. The maximum Gasteiger partial charge on any atom is 0.0531 e. The van der Waals surface area contributed by atoms with Gasteiger partial charge in [0.05, 0.1) is 5.69 Å². The molecule has 1 N–H and O–H groups in total. The van der Waals surface area contributed by atoms with Crippen molar-refractivity contribution in [3.63, 3.8) is 0 Å². The minimum atomic E-state index is 0.182. The summed E-state index contributed by atoms with van der Waals surface area (Å²) in [4.78, 5) is 4.15. The van der Waals surface area contributed by atoms with Gasteiger partial charge in [-0.05, 0) is 44.2 Å². The molecular weight excluding hydrogens is 208 g/mol. The SMILES string of the molecule is CC(C)C1=CCC(C)(Nc2cccnc2)CC1. The second-order valence-electron chi connectivity index (χ2n) is 5.57. The number of anilines is 1. The zero-order valence-corrected chi connectivity index (χ0v) is 11.0. The van der Waals surface area contributed by atoms with Crippen molar-refractivity contribution in [2.45, 2.75) is 45.6 Å². The summed E-state index contributed by atoms with van der Waals surface area (Å²) in [6, 6.07) is 4.06. The topological polar surface area (TPSA) is 24.9 Å². The second kappa shape index (κ2) is 4.91. The summed E-state index contributed by atoms with van der Waals surface area (Å²) in [6.45, 7) is 6.86. The Bertz CT molecular complexity index is 395. The second-order valence-corrected chi connectivity index (χ2v) is 5.57. The van der Waals surface area contributed by atoms with Crippen LogP contribution >= 0.6 is 0 Å². The summed E-state index contributed by atoms with van der Waals surface area (Å²) in [6.07, 6.45) is 9.64. The van der Waals surface area contributed by atoms with Crippen molar-refractivity contribution in [2.75, 3.05) is 5.32 Å². The van der Waals surface area contributed by atoms with Gasteiger partial charge < -0.3 is 5.32 Å². The lowest BCUT2D eigenvalue weighted by Crippen LogP contribution is -2.36. The zero-order valence-electron chi connectivity index (χ0n) is 11.0. The Labute approximate surface area is 104 Å². The fourth-order valence-corrected chi connectivity index (χ4v) is 2.40. The predicted molar refractivity (Wildman–Crippen MR) is 73.0 cm³/mol. The molecule has 1 unspecified atom stereocenters. The van der Waals surface area contributed by atoms with E-state index in [1.54, 1.807) is 5.57 Å². The van der Waals surface area contributed by atoms with Crippen molar-refractivity contribution in [2.24, 2.45) is 5.92 Å². The molecular formula is C15H22N2. The molecule has 0 aliphatic heterocycles. The number of aromatic nitrogens is 1. The predicted octanol–water partition coefficient (Wildman–Crippen LogP) is 4.02. The van der Waals surface area contributed by atoms with E-state index in [9.17, 15) is 0 Å². The van der Waals surface area contributed by atoms with E-state index < -0.39 is 0 Å². The standard InChI is InChI=1S/C15H22N2/c1-12(2)13-6-8-15(3,9-7-13)17-14-5-4-10-16-11-14/h4-6,10-12,17H,7-9H2,1-3H3. The fourth-order valence-electron chi connectivity index (χ4n) is 2.40. The van der Waals surface area contributed by atoms with E-state index in [0.29, 0.717) is 5.92 Å². The lowest BCUT2D eigenvalue weighted by atomic mass is 9.80. The van der Waals surface area contributed by atoms with Gasteiger partial charge in [-0.25, -0.2) is 0 Å². The number of pyridine rings is 1. The Balaban J connectivity index is 2.03. The van der Waals surface area contributed by atoms with Gasteiger partial charge in [-0.2, -0.15) is 0 Å². The summed E-state index contributed by atoms with van der Waals surface area (Å²) in [5.41, 5.74) is 2.91. The van der Waals surface area contributed by atoms with Crippen molar-refractivity contribution < 1.29 is 0 Å². The van der Waals surface area contributed by atoms with Gasteiger partial charge in [0.1, 0.15) is 0 Å². The average Bonchev–Trinajstić information content (AvgIpc) is 2.30. The first-order valence-electron chi connectivity index (χ1n) is 6.46. The van der Waals surface area contributed by atoms with Gasteiger partial charge in [0.2, 0.25) is 0 Å². The number of hydrogen-bond donors (Lipinski definition) is 1. The van der Waals surface area contributed by atoms with Gasteiger partial charge in [0.25, 0.3) is 0 Å². The fraction of sp³-hybridized carbons (Fsp3) is 0.533. The van der Waals surface area contributed by atoms with Crippen molar-refractivity contribution in [3.05, 3.63) is 36.2 Å². The molecule has 0 bridgehead atoms. The van der Waals surface area contributed by atoms with Gasteiger partial charge >= 0.3 is 0 Å². The van der Waals surface area contributed by atoms with E-state index in [1.165, 1.54) is 12.8 Å². The minimum Gasteiger partial charge on any atom is -0.378 e. The van der Waals surface area contributed by atoms with Crippen LogP contribution in [0, 0.1) is 5.92 Å². The van der Waals surface area contributed by atoms with Crippen molar-refractivity contribution in [1.29, 1.82) is 0 Å². The van der Waals surface area contributed by atoms with Gasteiger partial charge in [-0.15, -0.1) is 0 Å². The summed E-state index contributed by atoms with van der Waals surface area (Å²) in [5, 5.41) is 3.61. The van der Waals surface area contributed by atoms with Gasteiger partial charge in [0, 0.05) is 17.9 Å². The smallest absolute Gasteiger partial charge is 0.0531 e. The van der Waals surface area contributed by atoms with E-state index in [0.717, 1.165) is 12.1 Å². The van der Waals surface area contributed by atoms with E-state index in [1.807, 2.05) is 18.5 Å². The molecule has 1 atom stereocenters. The first-order chi connectivity index (χ1) is 8.09.